The maximum absolute atomic E-state index is 14.1. The second-order valence-corrected chi connectivity index (χ2v) is 4.76. The number of ether oxygens (including phenoxy) is 3. The minimum atomic E-state index is -5.84. The van der Waals surface area contributed by atoms with Gasteiger partial charge in [0, 0.05) is 0 Å². The van der Waals surface area contributed by atoms with Crippen LogP contribution >= 0.6 is 0 Å². The van der Waals surface area contributed by atoms with Gasteiger partial charge in [0.2, 0.25) is 0 Å². The van der Waals surface area contributed by atoms with Crippen molar-refractivity contribution in [2.75, 3.05) is 0 Å². The first kappa shape index (κ1) is 25.0. The first-order valence-corrected chi connectivity index (χ1v) is 6.42. The van der Waals surface area contributed by atoms with E-state index in [1.54, 1.807) is 0 Å². The summed E-state index contributed by atoms with van der Waals surface area (Å²) in [5.41, 5.74) is 0. The van der Waals surface area contributed by atoms with Crippen LogP contribution in [0, 0.1) is 0 Å². The van der Waals surface area contributed by atoms with Crippen LogP contribution in [0.4, 0.5) is 52.7 Å². The SMILES string of the molecule is CC(OC(F)F)C(F)(OC(C)C(F)(OC(F)(F)C(F)F)C(F)F)C(F)F. The molecule has 0 amide bonds. The predicted molar refractivity (Wildman–Crippen MR) is 58.8 cm³/mol. The van der Waals surface area contributed by atoms with Crippen LogP contribution in [0.2, 0.25) is 0 Å². The molecular weight excluding hydrogens is 408 g/mol. The van der Waals surface area contributed by atoms with Crippen LogP contribution < -0.4 is 0 Å². The third kappa shape index (κ3) is 5.77. The molecule has 0 bridgehead atoms. The Morgan fingerprint density at radius 1 is 0.615 bits per heavy atom. The fraction of sp³-hybridized carbons (Fsp3) is 1.00. The lowest BCUT2D eigenvalue weighted by Gasteiger charge is -2.38. The topological polar surface area (TPSA) is 27.7 Å². The van der Waals surface area contributed by atoms with Crippen molar-refractivity contribution in [2.24, 2.45) is 0 Å². The van der Waals surface area contributed by atoms with E-state index in [9.17, 15) is 52.7 Å². The van der Waals surface area contributed by atoms with Crippen molar-refractivity contribution in [2.45, 2.75) is 69.8 Å². The van der Waals surface area contributed by atoms with Crippen molar-refractivity contribution in [3.63, 3.8) is 0 Å². The number of hydrogen-bond donors (Lipinski definition) is 0. The van der Waals surface area contributed by atoms with E-state index in [1.807, 2.05) is 0 Å². The lowest BCUT2D eigenvalue weighted by molar-refractivity contribution is -0.426. The number of alkyl halides is 12. The number of rotatable bonds is 11. The molecule has 0 saturated carbocycles. The first-order chi connectivity index (χ1) is 11.5. The highest BCUT2D eigenvalue weighted by Gasteiger charge is 2.61. The molecule has 0 aromatic carbocycles. The molecule has 0 aliphatic heterocycles. The van der Waals surface area contributed by atoms with Gasteiger partial charge in [-0.05, 0) is 13.8 Å². The predicted octanol–water partition coefficient (Wildman–Crippen LogP) is 4.76. The zero-order chi connectivity index (χ0) is 21.1. The van der Waals surface area contributed by atoms with Crippen LogP contribution in [0.15, 0.2) is 0 Å². The van der Waals surface area contributed by atoms with E-state index in [4.69, 9.17) is 0 Å². The Morgan fingerprint density at radius 2 is 1.04 bits per heavy atom. The van der Waals surface area contributed by atoms with Gasteiger partial charge in [0.05, 0.1) is 0 Å². The molecule has 0 aromatic heterocycles. The molecule has 0 aliphatic carbocycles. The maximum atomic E-state index is 14.1. The van der Waals surface area contributed by atoms with Gasteiger partial charge >= 0.3 is 25.0 Å². The highest BCUT2D eigenvalue weighted by molar-refractivity contribution is 4.87. The molecule has 0 fully saturated rings. The summed E-state index contributed by atoms with van der Waals surface area (Å²) in [5, 5.41) is 0. The first-order valence-electron chi connectivity index (χ1n) is 6.42. The van der Waals surface area contributed by atoms with Crippen molar-refractivity contribution in [3.8, 4) is 0 Å². The Kier molecular flexibility index (Phi) is 8.49. The van der Waals surface area contributed by atoms with E-state index in [0.29, 0.717) is 0 Å². The lowest BCUT2D eigenvalue weighted by atomic mass is 10.1. The molecule has 0 N–H and O–H groups in total. The van der Waals surface area contributed by atoms with E-state index in [0.717, 1.165) is 0 Å². The zero-order valence-electron chi connectivity index (χ0n) is 12.7. The van der Waals surface area contributed by atoms with Crippen LogP contribution in [0.1, 0.15) is 13.8 Å². The summed E-state index contributed by atoms with van der Waals surface area (Å²) in [5.74, 6) is -9.91. The molecular formula is C11H12F12O3. The molecule has 0 saturated heterocycles. The van der Waals surface area contributed by atoms with Crippen molar-refractivity contribution < 1.29 is 66.9 Å². The Bertz CT molecular complexity index is 437. The second kappa shape index (κ2) is 8.82. The third-order valence-corrected chi connectivity index (χ3v) is 2.91. The molecule has 4 atom stereocenters. The van der Waals surface area contributed by atoms with Gasteiger partial charge in [-0.15, -0.1) is 0 Å². The molecule has 0 aromatic rings. The standard InChI is InChI=1S/C11H12F12O3/c1-3(24-8(18)19)9(20,5(12)13)25-4(2)10(21,6(14)15)26-11(22,23)7(16)17/h3-8H,1-2H3. The summed E-state index contributed by atoms with van der Waals surface area (Å²) in [6.07, 6.45) is -26.1. The minimum absolute atomic E-state index is 0.0421. The van der Waals surface area contributed by atoms with Gasteiger partial charge < -0.3 is 9.47 Å². The molecule has 0 rings (SSSR count). The average Bonchev–Trinajstić information content (AvgIpc) is 2.44. The molecule has 0 radical (unpaired) electrons. The number of hydrogen-bond acceptors (Lipinski definition) is 3. The fourth-order valence-electron chi connectivity index (χ4n) is 1.48. The summed E-state index contributed by atoms with van der Waals surface area (Å²) in [4.78, 5) is 0. The van der Waals surface area contributed by atoms with Crippen LogP contribution in [0.3, 0.4) is 0 Å². The summed E-state index contributed by atoms with van der Waals surface area (Å²) >= 11 is 0. The quantitative estimate of drug-likeness (QED) is 0.452. The largest absolute Gasteiger partial charge is 0.419 e. The smallest absolute Gasteiger partial charge is 0.330 e. The van der Waals surface area contributed by atoms with Gasteiger partial charge in [0.25, 0.3) is 18.7 Å². The Balaban J connectivity index is 5.67. The van der Waals surface area contributed by atoms with Crippen LogP contribution in [0.5, 0.6) is 0 Å². The molecule has 0 spiro atoms. The third-order valence-electron chi connectivity index (χ3n) is 2.91. The maximum Gasteiger partial charge on any atom is 0.419 e. The van der Waals surface area contributed by atoms with E-state index >= 15 is 0 Å². The van der Waals surface area contributed by atoms with E-state index in [1.165, 1.54) is 0 Å². The Morgan fingerprint density at radius 3 is 1.35 bits per heavy atom. The van der Waals surface area contributed by atoms with Gasteiger partial charge in [0.1, 0.15) is 12.2 Å². The molecule has 15 heteroatoms. The van der Waals surface area contributed by atoms with Crippen molar-refractivity contribution >= 4 is 0 Å². The van der Waals surface area contributed by atoms with Crippen molar-refractivity contribution in [1.82, 2.24) is 0 Å². The van der Waals surface area contributed by atoms with Gasteiger partial charge in [0.15, 0.2) is 0 Å². The molecule has 4 unspecified atom stereocenters. The van der Waals surface area contributed by atoms with Gasteiger partial charge in [-0.1, -0.05) is 0 Å². The van der Waals surface area contributed by atoms with Crippen LogP contribution in [0.25, 0.3) is 0 Å². The van der Waals surface area contributed by atoms with E-state index in [2.05, 4.69) is 14.2 Å². The number of halogens is 12. The normalized spacial score (nSPS) is 20.5. The van der Waals surface area contributed by atoms with E-state index in [-0.39, 0.29) is 13.8 Å². The zero-order valence-corrected chi connectivity index (χ0v) is 12.7. The minimum Gasteiger partial charge on any atom is -0.330 e. The van der Waals surface area contributed by atoms with Crippen LogP contribution in [-0.2, 0) is 14.2 Å². The summed E-state index contributed by atoms with van der Waals surface area (Å²) in [6, 6.07) is 0. The molecule has 3 nitrogen and oxygen atoms in total. The second-order valence-electron chi connectivity index (χ2n) is 4.76. The lowest BCUT2D eigenvalue weighted by Crippen LogP contribution is -2.58. The van der Waals surface area contributed by atoms with Crippen molar-refractivity contribution in [3.05, 3.63) is 0 Å². The Hall–Kier alpha value is -0.960. The monoisotopic (exact) mass is 420 g/mol. The highest BCUT2D eigenvalue weighted by Crippen LogP contribution is 2.41. The van der Waals surface area contributed by atoms with Gasteiger partial charge in [-0.3, -0.25) is 4.74 Å². The van der Waals surface area contributed by atoms with E-state index < -0.39 is 55.9 Å². The highest BCUT2D eigenvalue weighted by atomic mass is 19.3. The van der Waals surface area contributed by atoms with Crippen molar-refractivity contribution in [1.29, 1.82) is 0 Å². The molecule has 0 aliphatic rings. The molecule has 158 valence electrons. The Labute approximate surface area is 138 Å². The average molecular weight is 420 g/mol. The molecule has 26 heavy (non-hydrogen) atoms. The molecule has 0 heterocycles. The van der Waals surface area contributed by atoms with Gasteiger partial charge in [-0.25, -0.2) is 35.1 Å². The summed E-state index contributed by atoms with van der Waals surface area (Å²) in [6.45, 7) is -3.69. The van der Waals surface area contributed by atoms with Crippen LogP contribution in [-0.4, -0.2) is 55.9 Å². The summed E-state index contributed by atoms with van der Waals surface area (Å²) in [7, 11) is 0. The fourth-order valence-corrected chi connectivity index (χ4v) is 1.48. The summed E-state index contributed by atoms with van der Waals surface area (Å²) < 4.78 is 162. The van der Waals surface area contributed by atoms with Gasteiger partial charge in [-0.2, -0.15) is 17.6 Å².